The Morgan fingerprint density at radius 1 is 1.23 bits per heavy atom. The number of rotatable bonds is 6. The molecule has 0 aromatic carbocycles. The minimum atomic E-state index is -0.991. The van der Waals surface area contributed by atoms with E-state index >= 15 is 0 Å². The summed E-state index contributed by atoms with van der Waals surface area (Å²) >= 11 is 0. The van der Waals surface area contributed by atoms with Crippen LogP contribution in [0.15, 0.2) is 18.3 Å². The first-order valence-corrected chi connectivity index (χ1v) is 7.79. The molecule has 0 atom stereocenters. The average Bonchev–Trinajstić information content (AvgIpc) is 3.22. The van der Waals surface area contributed by atoms with Crippen LogP contribution in [0.4, 0.5) is 0 Å². The molecule has 2 saturated carbocycles. The van der Waals surface area contributed by atoms with Gasteiger partial charge in [0.1, 0.15) is 12.6 Å². The van der Waals surface area contributed by atoms with Crippen molar-refractivity contribution in [2.24, 2.45) is 0 Å². The standard InChI is InChI=1S/C16H20N2O4/c19-15(20)10-18(12-6-7-12)16(21)11-5-8-14(17-9-11)22-13-3-1-2-4-13/h5,8-9,12-13H,1-4,6-7,10H2,(H,19,20). The van der Waals surface area contributed by atoms with Gasteiger partial charge in [-0.05, 0) is 44.6 Å². The molecule has 118 valence electrons. The van der Waals surface area contributed by atoms with Crippen LogP contribution in [-0.2, 0) is 4.79 Å². The zero-order valence-corrected chi connectivity index (χ0v) is 12.4. The number of pyridine rings is 1. The molecule has 2 fully saturated rings. The molecule has 0 spiro atoms. The number of amides is 1. The second-order valence-corrected chi connectivity index (χ2v) is 5.97. The molecule has 0 radical (unpaired) electrons. The fourth-order valence-electron chi connectivity index (χ4n) is 2.82. The summed E-state index contributed by atoms with van der Waals surface area (Å²) in [6.07, 6.45) is 7.92. The molecule has 0 saturated heterocycles. The Hall–Kier alpha value is -2.11. The number of aliphatic carboxylic acids is 1. The normalized spacial score (nSPS) is 18.2. The van der Waals surface area contributed by atoms with Crippen LogP contribution >= 0.6 is 0 Å². The monoisotopic (exact) mass is 304 g/mol. The topological polar surface area (TPSA) is 79.7 Å². The zero-order chi connectivity index (χ0) is 15.5. The fourth-order valence-corrected chi connectivity index (χ4v) is 2.82. The first kappa shape index (κ1) is 14.8. The number of carbonyl (C=O) groups excluding carboxylic acids is 1. The van der Waals surface area contributed by atoms with Gasteiger partial charge in [0.15, 0.2) is 0 Å². The summed E-state index contributed by atoms with van der Waals surface area (Å²) in [5.74, 6) is -0.737. The van der Waals surface area contributed by atoms with Crippen LogP contribution in [0.25, 0.3) is 0 Å². The lowest BCUT2D eigenvalue weighted by molar-refractivity contribution is -0.137. The molecular weight excluding hydrogens is 284 g/mol. The Morgan fingerprint density at radius 2 is 1.95 bits per heavy atom. The van der Waals surface area contributed by atoms with E-state index in [1.807, 2.05) is 0 Å². The predicted octanol–water partition coefficient (Wildman–Crippen LogP) is 2.09. The Labute approximate surface area is 129 Å². The molecule has 3 rings (SSSR count). The number of ether oxygens (including phenoxy) is 1. The summed E-state index contributed by atoms with van der Waals surface area (Å²) in [7, 11) is 0. The first-order valence-electron chi connectivity index (χ1n) is 7.79. The van der Waals surface area contributed by atoms with Crippen molar-refractivity contribution in [1.82, 2.24) is 9.88 Å². The molecule has 6 nitrogen and oxygen atoms in total. The minimum Gasteiger partial charge on any atom is -0.480 e. The molecule has 2 aliphatic carbocycles. The lowest BCUT2D eigenvalue weighted by Gasteiger charge is -2.20. The van der Waals surface area contributed by atoms with Gasteiger partial charge >= 0.3 is 5.97 Å². The van der Waals surface area contributed by atoms with Gasteiger partial charge in [-0.15, -0.1) is 0 Å². The first-order chi connectivity index (χ1) is 10.6. The van der Waals surface area contributed by atoms with E-state index in [1.54, 1.807) is 12.1 Å². The number of carbonyl (C=O) groups is 2. The number of carboxylic acid groups (broad SMARTS) is 1. The van der Waals surface area contributed by atoms with Gasteiger partial charge in [0.25, 0.3) is 5.91 Å². The summed E-state index contributed by atoms with van der Waals surface area (Å²) in [6.45, 7) is -0.260. The molecule has 0 aliphatic heterocycles. The second kappa shape index (κ2) is 6.34. The second-order valence-electron chi connectivity index (χ2n) is 5.97. The van der Waals surface area contributed by atoms with Crippen LogP contribution in [0.3, 0.4) is 0 Å². The van der Waals surface area contributed by atoms with Gasteiger partial charge in [-0.1, -0.05) is 0 Å². The Balaban J connectivity index is 1.65. The van der Waals surface area contributed by atoms with Crippen LogP contribution in [0.5, 0.6) is 5.88 Å². The van der Waals surface area contributed by atoms with Gasteiger partial charge in [-0.3, -0.25) is 9.59 Å². The lowest BCUT2D eigenvalue weighted by Crippen LogP contribution is -2.37. The van der Waals surface area contributed by atoms with Crippen molar-refractivity contribution >= 4 is 11.9 Å². The van der Waals surface area contributed by atoms with Crippen molar-refractivity contribution < 1.29 is 19.4 Å². The molecule has 0 bridgehead atoms. The zero-order valence-electron chi connectivity index (χ0n) is 12.4. The lowest BCUT2D eigenvalue weighted by atomic mass is 10.2. The average molecular weight is 304 g/mol. The summed E-state index contributed by atoms with van der Waals surface area (Å²) in [6, 6.07) is 3.41. The highest BCUT2D eigenvalue weighted by Gasteiger charge is 2.34. The third-order valence-electron chi connectivity index (χ3n) is 4.13. The molecular formula is C16H20N2O4. The number of carboxylic acids is 1. The number of hydrogen-bond acceptors (Lipinski definition) is 4. The third-order valence-corrected chi connectivity index (χ3v) is 4.13. The molecule has 2 aliphatic rings. The Kier molecular flexibility index (Phi) is 4.27. The molecule has 1 heterocycles. The van der Waals surface area contributed by atoms with Crippen molar-refractivity contribution in [3.63, 3.8) is 0 Å². The number of nitrogens with zero attached hydrogens (tertiary/aromatic N) is 2. The van der Waals surface area contributed by atoms with Crippen LogP contribution < -0.4 is 4.74 Å². The van der Waals surface area contributed by atoms with Crippen molar-refractivity contribution in [3.8, 4) is 5.88 Å². The summed E-state index contributed by atoms with van der Waals surface area (Å²) in [5.41, 5.74) is 0.409. The summed E-state index contributed by atoms with van der Waals surface area (Å²) in [4.78, 5) is 28.9. The Morgan fingerprint density at radius 3 is 2.50 bits per heavy atom. The van der Waals surface area contributed by atoms with E-state index in [2.05, 4.69) is 4.98 Å². The molecule has 22 heavy (non-hydrogen) atoms. The Bertz CT molecular complexity index is 548. The van der Waals surface area contributed by atoms with Crippen LogP contribution in [0.2, 0.25) is 0 Å². The van der Waals surface area contributed by atoms with Crippen molar-refractivity contribution in [2.45, 2.75) is 50.7 Å². The fraction of sp³-hybridized carbons (Fsp3) is 0.562. The summed E-state index contributed by atoms with van der Waals surface area (Å²) < 4.78 is 5.76. The highest BCUT2D eigenvalue weighted by molar-refractivity contribution is 5.96. The minimum absolute atomic E-state index is 0.0537. The maximum absolute atomic E-state index is 12.4. The van der Waals surface area contributed by atoms with Gasteiger partial charge in [0.05, 0.1) is 5.56 Å². The largest absolute Gasteiger partial charge is 0.480 e. The molecule has 1 N–H and O–H groups in total. The van der Waals surface area contributed by atoms with Gasteiger partial charge < -0.3 is 14.7 Å². The van der Waals surface area contributed by atoms with Crippen molar-refractivity contribution in [1.29, 1.82) is 0 Å². The van der Waals surface area contributed by atoms with Gasteiger partial charge in [0, 0.05) is 18.3 Å². The molecule has 0 unspecified atom stereocenters. The van der Waals surface area contributed by atoms with E-state index in [1.165, 1.54) is 23.9 Å². The SMILES string of the molecule is O=C(O)CN(C(=O)c1ccc(OC2CCCC2)nc1)C1CC1. The van der Waals surface area contributed by atoms with E-state index < -0.39 is 5.97 Å². The maximum Gasteiger partial charge on any atom is 0.323 e. The number of hydrogen-bond donors (Lipinski definition) is 1. The van der Waals surface area contributed by atoms with Crippen LogP contribution in [0.1, 0.15) is 48.9 Å². The van der Waals surface area contributed by atoms with E-state index in [-0.39, 0.29) is 24.6 Å². The van der Waals surface area contributed by atoms with E-state index in [9.17, 15) is 9.59 Å². The molecule has 1 aromatic heterocycles. The third kappa shape index (κ3) is 3.55. The van der Waals surface area contributed by atoms with Crippen LogP contribution in [0, 0.1) is 0 Å². The van der Waals surface area contributed by atoms with Crippen LogP contribution in [-0.4, -0.2) is 45.6 Å². The molecule has 1 amide bonds. The van der Waals surface area contributed by atoms with Crippen molar-refractivity contribution in [3.05, 3.63) is 23.9 Å². The highest BCUT2D eigenvalue weighted by atomic mass is 16.5. The number of aromatic nitrogens is 1. The van der Waals surface area contributed by atoms with Gasteiger partial charge in [-0.25, -0.2) is 4.98 Å². The van der Waals surface area contributed by atoms with E-state index in [0.29, 0.717) is 11.4 Å². The smallest absolute Gasteiger partial charge is 0.323 e. The quantitative estimate of drug-likeness (QED) is 0.870. The van der Waals surface area contributed by atoms with Crippen molar-refractivity contribution in [2.75, 3.05) is 6.54 Å². The summed E-state index contributed by atoms with van der Waals surface area (Å²) in [5, 5.41) is 8.93. The van der Waals surface area contributed by atoms with E-state index in [0.717, 1.165) is 25.7 Å². The van der Waals surface area contributed by atoms with Gasteiger partial charge in [0.2, 0.25) is 5.88 Å². The molecule has 1 aromatic rings. The van der Waals surface area contributed by atoms with Gasteiger partial charge in [-0.2, -0.15) is 0 Å². The predicted molar refractivity (Wildman–Crippen MR) is 78.8 cm³/mol. The molecule has 6 heteroatoms. The maximum atomic E-state index is 12.4. The highest BCUT2D eigenvalue weighted by Crippen LogP contribution is 2.28. The van der Waals surface area contributed by atoms with E-state index in [4.69, 9.17) is 9.84 Å².